The third-order valence-corrected chi connectivity index (χ3v) is 10.9. The lowest BCUT2D eigenvalue weighted by Crippen LogP contribution is -2.33. The number of aromatic nitrogens is 3. The van der Waals surface area contributed by atoms with E-state index in [4.69, 9.17) is 9.97 Å². The minimum atomic E-state index is -1.07. The summed E-state index contributed by atoms with van der Waals surface area (Å²) in [4.78, 5) is 44.9. The lowest BCUT2D eigenvalue weighted by atomic mass is 9.92. The van der Waals surface area contributed by atoms with Crippen LogP contribution >= 0.6 is 11.3 Å². The Hall–Kier alpha value is -4.63. The number of thiazole rings is 1. The summed E-state index contributed by atoms with van der Waals surface area (Å²) in [6, 6.07) is 19.7. The van der Waals surface area contributed by atoms with Crippen molar-refractivity contribution in [3.8, 4) is 11.1 Å². The first-order valence-corrected chi connectivity index (χ1v) is 17.4. The Morgan fingerprint density at radius 3 is 2.49 bits per heavy atom. The van der Waals surface area contributed by atoms with Gasteiger partial charge in [0.15, 0.2) is 10.7 Å². The van der Waals surface area contributed by atoms with Gasteiger partial charge in [-0.15, -0.1) is 11.3 Å². The van der Waals surface area contributed by atoms with Crippen molar-refractivity contribution in [1.82, 2.24) is 15.0 Å². The van der Waals surface area contributed by atoms with Gasteiger partial charge in [0, 0.05) is 43.5 Å². The van der Waals surface area contributed by atoms with Crippen molar-refractivity contribution in [3.05, 3.63) is 99.8 Å². The van der Waals surface area contributed by atoms with Crippen molar-refractivity contribution in [1.29, 1.82) is 0 Å². The molecule has 0 atom stereocenters. The normalized spacial score (nSPS) is 15.6. The Labute approximate surface area is 279 Å². The molecule has 1 N–H and O–H groups in total. The zero-order valence-corrected chi connectivity index (χ0v) is 27.7. The molecule has 2 aromatic carbocycles. The molecule has 0 unspecified atom stereocenters. The average molecular weight is 646 g/mol. The fraction of sp³-hybridized carbons (Fsp3) is 0.342. The molecule has 1 aliphatic heterocycles. The highest BCUT2D eigenvalue weighted by Gasteiger charge is 2.27. The van der Waals surface area contributed by atoms with E-state index >= 15 is 0 Å². The summed E-state index contributed by atoms with van der Waals surface area (Å²) >= 11 is 1.41. The van der Waals surface area contributed by atoms with Gasteiger partial charge in [0.1, 0.15) is 11.6 Å². The lowest BCUT2D eigenvalue weighted by molar-refractivity contribution is 0.0691. The molecule has 7 rings (SSSR count). The number of carbonyl (C=O) groups is 2. The summed E-state index contributed by atoms with van der Waals surface area (Å²) in [5, 5.41) is 10.9. The second-order valence-electron chi connectivity index (χ2n) is 12.7. The van der Waals surface area contributed by atoms with E-state index in [-0.39, 0.29) is 11.5 Å². The summed E-state index contributed by atoms with van der Waals surface area (Å²) < 4.78 is 0.982. The molecule has 47 heavy (non-hydrogen) atoms. The van der Waals surface area contributed by atoms with E-state index in [0.29, 0.717) is 41.1 Å². The van der Waals surface area contributed by atoms with Crippen LogP contribution in [0.3, 0.4) is 0 Å². The summed E-state index contributed by atoms with van der Waals surface area (Å²) in [7, 11) is 2.12. The van der Waals surface area contributed by atoms with Crippen LogP contribution in [0.25, 0.3) is 21.3 Å². The molecular formula is C38H39N5O3S. The van der Waals surface area contributed by atoms with Gasteiger partial charge in [-0.3, -0.25) is 4.79 Å². The first kappa shape index (κ1) is 31.0. The maximum absolute atomic E-state index is 13.7. The largest absolute Gasteiger partial charge is 0.476 e. The van der Waals surface area contributed by atoms with Crippen molar-refractivity contribution in [2.24, 2.45) is 0 Å². The highest BCUT2D eigenvalue weighted by molar-refractivity contribution is 7.20. The van der Waals surface area contributed by atoms with Gasteiger partial charge < -0.3 is 14.9 Å². The van der Waals surface area contributed by atoms with Gasteiger partial charge in [-0.25, -0.2) is 19.7 Å². The number of carboxylic acid groups (broad SMARTS) is 1. The van der Waals surface area contributed by atoms with Gasteiger partial charge >= 0.3 is 5.97 Å². The predicted octanol–water partition coefficient (Wildman–Crippen LogP) is 8.10. The highest BCUT2D eigenvalue weighted by atomic mass is 32.1. The molecule has 1 saturated carbocycles. The molecule has 1 fully saturated rings. The fourth-order valence-corrected chi connectivity index (χ4v) is 8.17. The molecule has 0 saturated heterocycles. The number of ketones is 1. The molecule has 5 aromatic rings. The second kappa shape index (κ2) is 13.2. The van der Waals surface area contributed by atoms with Gasteiger partial charge in [-0.2, -0.15) is 0 Å². The molecule has 240 valence electrons. The molecule has 0 spiro atoms. The summed E-state index contributed by atoms with van der Waals surface area (Å²) in [6.07, 6.45) is 11.1. The van der Waals surface area contributed by atoms with Gasteiger partial charge in [-0.05, 0) is 78.8 Å². The molecule has 4 heterocycles. The highest BCUT2D eigenvalue weighted by Crippen LogP contribution is 2.35. The standard InChI is InChI=1S/C38H39N5O3S/c1-24-27(19-21-39-36(24)42(2)26-12-6-4-3-5-7-13-26)28-17-18-33(41-34(28)38(45)46)43-22-20-25-11-10-14-29(30(25)23-43)35(44)37-40-31-15-8-9-16-32(31)47-37/h8-11,14-19,21,26H,3-7,12-13,20,22-23H2,1-2H3,(H,45,46). The van der Waals surface area contributed by atoms with Gasteiger partial charge in [0.25, 0.3) is 0 Å². The lowest BCUT2D eigenvalue weighted by Gasteiger charge is -2.32. The zero-order valence-electron chi connectivity index (χ0n) is 26.9. The van der Waals surface area contributed by atoms with Crippen LogP contribution in [-0.2, 0) is 13.0 Å². The third kappa shape index (κ3) is 6.12. The maximum Gasteiger partial charge on any atom is 0.355 e. The van der Waals surface area contributed by atoms with Gasteiger partial charge in [0.05, 0.1) is 10.2 Å². The Balaban J connectivity index is 1.18. The Morgan fingerprint density at radius 1 is 0.915 bits per heavy atom. The van der Waals surface area contributed by atoms with E-state index < -0.39 is 5.97 Å². The number of hydrogen-bond acceptors (Lipinski definition) is 8. The number of para-hydroxylation sites is 1. The zero-order chi connectivity index (χ0) is 32.5. The number of carboxylic acids is 1. The predicted molar refractivity (Wildman–Crippen MR) is 188 cm³/mol. The molecule has 2 aliphatic rings. The Morgan fingerprint density at radius 2 is 1.70 bits per heavy atom. The summed E-state index contributed by atoms with van der Waals surface area (Å²) in [5.74, 6) is 0.314. The van der Waals surface area contributed by atoms with E-state index in [1.807, 2.05) is 61.5 Å². The quantitative estimate of drug-likeness (QED) is 0.177. The minimum absolute atomic E-state index is 0.0148. The van der Waals surface area contributed by atoms with Crippen molar-refractivity contribution in [2.45, 2.75) is 70.9 Å². The van der Waals surface area contributed by atoms with Crippen LogP contribution in [0.15, 0.2) is 66.9 Å². The van der Waals surface area contributed by atoms with Crippen LogP contribution in [0, 0.1) is 6.92 Å². The van der Waals surface area contributed by atoms with Gasteiger partial charge in [-0.1, -0.05) is 62.4 Å². The number of carbonyl (C=O) groups excluding carboxylic acids is 1. The van der Waals surface area contributed by atoms with Crippen LogP contribution < -0.4 is 9.80 Å². The van der Waals surface area contributed by atoms with E-state index in [1.165, 1.54) is 43.4 Å². The minimum Gasteiger partial charge on any atom is -0.476 e. The van der Waals surface area contributed by atoms with Crippen LogP contribution in [0.5, 0.6) is 0 Å². The molecule has 0 radical (unpaired) electrons. The number of rotatable bonds is 7. The first-order chi connectivity index (χ1) is 22.9. The number of fused-ring (bicyclic) bond motifs is 2. The van der Waals surface area contributed by atoms with Crippen molar-refractivity contribution >= 4 is 44.9 Å². The third-order valence-electron chi connectivity index (χ3n) is 9.84. The average Bonchev–Trinajstić information content (AvgIpc) is 3.52. The fourth-order valence-electron chi connectivity index (χ4n) is 7.25. The summed E-state index contributed by atoms with van der Waals surface area (Å²) in [6.45, 7) is 3.15. The SMILES string of the molecule is Cc1c(-c2ccc(N3CCc4cccc(C(=O)c5nc6ccccc6s5)c4C3)nc2C(=O)O)ccnc1N(C)C1CCCCCCC1. The molecule has 8 nitrogen and oxygen atoms in total. The number of pyridine rings is 2. The van der Waals surface area contributed by atoms with Crippen LogP contribution in [0.2, 0.25) is 0 Å². The molecule has 1 aliphatic carbocycles. The molecule has 0 amide bonds. The Bertz CT molecular complexity index is 1930. The molecule has 3 aromatic heterocycles. The van der Waals surface area contributed by atoms with E-state index in [9.17, 15) is 14.7 Å². The smallest absolute Gasteiger partial charge is 0.355 e. The van der Waals surface area contributed by atoms with Gasteiger partial charge in [0.2, 0.25) is 5.78 Å². The number of nitrogens with zero attached hydrogens (tertiary/aromatic N) is 5. The molecule has 0 bridgehead atoms. The number of aromatic carboxylic acids is 1. The van der Waals surface area contributed by atoms with E-state index in [2.05, 4.69) is 27.9 Å². The number of benzene rings is 2. The number of hydrogen-bond donors (Lipinski definition) is 1. The van der Waals surface area contributed by atoms with Crippen LogP contribution in [0.1, 0.15) is 87.5 Å². The summed E-state index contributed by atoms with van der Waals surface area (Å²) in [5.41, 5.74) is 5.90. The second-order valence-corrected chi connectivity index (χ2v) is 13.7. The Kier molecular flexibility index (Phi) is 8.73. The van der Waals surface area contributed by atoms with Crippen molar-refractivity contribution < 1.29 is 14.7 Å². The molecule has 9 heteroatoms. The topological polar surface area (TPSA) is 99.5 Å². The molecular weight excluding hydrogens is 607 g/mol. The monoisotopic (exact) mass is 645 g/mol. The maximum atomic E-state index is 13.7. The van der Waals surface area contributed by atoms with Crippen molar-refractivity contribution in [2.75, 3.05) is 23.4 Å². The van der Waals surface area contributed by atoms with E-state index in [1.54, 1.807) is 6.20 Å². The van der Waals surface area contributed by atoms with Crippen molar-refractivity contribution in [3.63, 3.8) is 0 Å². The number of anilines is 2. The van der Waals surface area contributed by atoms with E-state index in [0.717, 1.165) is 57.6 Å². The first-order valence-electron chi connectivity index (χ1n) is 16.6. The van der Waals surface area contributed by atoms with Crippen LogP contribution in [-0.4, -0.2) is 51.4 Å². The van der Waals surface area contributed by atoms with Crippen LogP contribution in [0.4, 0.5) is 11.6 Å².